The Kier molecular flexibility index (Phi) is 6.43. The zero-order valence-electron chi connectivity index (χ0n) is 13.7. The van der Waals surface area contributed by atoms with Gasteiger partial charge in [-0.05, 0) is 43.4 Å². The first-order valence-electron chi connectivity index (χ1n) is 7.92. The lowest BCUT2D eigenvalue weighted by Crippen LogP contribution is -2.54. The first kappa shape index (κ1) is 17.0. The van der Waals surface area contributed by atoms with Gasteiger partial charge < -0.3 is 14.5 Å². The van der Waals surface area contributed by atoms with Crippen LogP contribution >= 0.6 is 11.8 Å². The van der Waals surface area contributed by atoms with Crippen LogP contribution in [0.15, 0.2) is 24.3 Å². The quantitative estimate of drug-likeness (QED) is 0.754. The summed E-state index contributed by atoms with van der Waals surface area (Å²) in [6.07, 6.45) is 1.12. The van der Waals surface area contributed by atoms with Crippen LogP contribution in [0.5, 0.6) is 5.75 Å². The van der Waals surface area contributed by atoms with Crippen LogP contribution in [0.4, 0.5) is 5.69 Å². The molecule has 0 spiro atoms. The molecule has 0 N–H and O–H groups in total. The molecule has 0 saturated carbocycles. The zero-order chi connectivity index (χ0) is 15.9. The van der Waals surface area contributed by atoms with Crippen LogP contribution in [0.3, 0.4) is 0 Å². The van der Waals surface area contributed by atoms with Gasteiger partial charge in [-0.3, -0.25) is 4.79 Å². The van der Waals surface area contributed by atoms with Crippen molar-refractivity contribution in [2.45, 2.75) is 26.3 Å². The number of ether oxygens (including phenoxy) is 1. The molecule has 1 aliphatic heterocycles. The van der Waals surface area contributed by atoms with E-state index in [0.717, 1.165) is 37.6 Å². The minimum absolute atomic E-state index is 0.255. The highest BCUT2D eigenvalue weighted by Gasteiger charge is 2.27. The lowest BCUT2D eigenvalue weighted by Gasteiger charge is -2.41. The maximum absolute atomic E-state index is 12.3. The summed E-state index contributed by atoms with van der Waals surface area (Å²) in [5.41, 5.74) is 1.19. The summed E-state index contributed by atoms with van der Waals surface area (Å²) in [5.74, 6) is 2.83. The summed E-state index contributed by atoms with van der Waals surface area (Å²) >= 11 is 1.74. The van der Waals surface area contributed by atoms with Gasteiger partial charge in [0.1, 0.15) is 5.75 Å². The number of rotatable bonds is 6. The van der Waals surface area contributed by atoms with Crippen LogP contribution in [0, 0.1) is 0 Å². The van der Waals surface area contributed by atoms with E-state index in [2.05, 4.69) is 30.9 Å². The van der Waals surface area contributed by atoms with Crippen molar-refractivity contribution >= 4 is 23.4 Å². The number of carbonyl (C=O) groups is 1. The van der Waals surface area contributed by atoms with Crippen molar-refractivity contribution in [2.24, 2.45) is 0 Å². The SMILES string of the molecule is CCCSCC(=O)N1CCN(c2ccc(OC)cc2)C[C@H]1C. The Labute approximate surface area is 137 Å². The van der Waals surface area contributed by atoms with Gasteiger partial charge in [-0.25, -0.2) is 0 Å². The summed E-state index contributed by atoms with van der Waals surface area (Å²) in [6.45, 7) is 6.86. The van der Waals surface area contributed by atoms with E-state index in [0.29, 0.717) is 5.75 Å². The van der Waals surface area contributed by atoms with Crippen molar-refractivity contribution in [1.82, 2.24) is 4.90 Å². The van der Waals surface area contributed by atoms with Gasteiger partial charge in [0.15, 0.2) is 0 Å². The van der Waals surface area contributed by atoms with Crippen molar-refractivity contribution in [3.05, 3.63) is 24.3 Å². The first-order valence-corrected chi connectivity index (χ1v) is 9.07. The van der Waals surface area contributed by atoms with Crippen molar-refractivity contribution in [2.75, 3.05) is 43.1 Å². The third-order valence-corrected chi connectivity index (χ3v) is 5.11. The minimum atomic E-state index is 0.255. The van der Waals surface area contributed by atoms with Gasteiger partial charge in [-0.2, -0.15) is 11.8 Å². The Morgan fingerprint density at radius 3 is 2.64 bits per heavy atom. The summed E-state index contributed by atoms with van der Waals surface area (Å²) in [6, 6.07) is 8.39. The molecule has 1 saturated heterocycles. The van der Waals surface area contributed by atoms with Crippen LogP contribution in [0.1, 0.15) is 20.3 Å². The Morgan fingerprint density at radius 2 is 2.05 bits per heavy atom. The number of benzene rings is 1. The van der Waals surface area contributed by atoms with E-state index in [4.69, 9.17) is 4.74 Å². The molecule has 1 aromatic carbocycles. The van der Waals surface area contributed by atoms with Gasteiger partial charge in [0.05, 0.1) is 12.9 Å². The molecule has 0 radical (unpaired) electrons. The third kappa shape index (κ3) is 4.32. The average molecular weight is 322 g/mol. The van der Waals surface area contributed by atoms with Gasteiger partial charge in [0.2, 0.25) is 5.91 Å². The van der Waals surface area contributed by atoms with E-state index in [1.54, 1.807) is 18.9 Å². The second-order valence-electron chi connectivity index (χ2n) is 5.63. The predicted octanol–water partition coefficient (Wildman–Crippen LogP) is 2.88. The van der Waals surface area contributed by atoms with Gasteiger partial charge in [-0.15, -0.1) is 0 Å². The Balaban J connectivity index is 1.89. The monoisotopic (exact) mass is 322 g/mol. The Morgan fingerprint density at radius 1 is 1.32 bits per heavy atom. The molecule has 0 bridgehead atoms. The number of piperazine rings is 1. The highest BCUT2D eigenvalue weighted by Crippen LogP contribution is 2.22. The summed E-state index contributed by atoms with van der Waals surface area (Å²) in [7, 11) is 1.68. The average Bonchev–Trinajstić information content (AvgIpc) is 2.55. The number of amides is 1. The standard InChI is InChI=1S/C17H26N2O2S/c1-4-11-22-13-17(20)19-10-9-18(12-14(19)2)15-5-7-16(21-3)8-6-15/h5-8,14H,4,9-13H2,1-3H3/t14-/m1/s1. The van der Waals surface area contributed by atoms with Crippen LogP contribution < -0.4 is 9.64 Å². The fourth-order valence-corrected chi connectivity index (χ4v) is 3.52. The van der Waals surface area contributed by atoms with Gasteiger partial charge in [0.25, 0.3) is 0 Å². The smallest absolute Gasteiger partial charge is 0.232 e. The molecule has 122 valence electrons. The molecule has 1 heterocycles. The third-order valence-electron chi connectivity index (χ3n) is 3.96. The van der Waals surface area contributed by atoms with Crippen molar-refractivity contribution in [3.8, 4) is 5.75 Å². The number of nitrogens with zero attached hydrogens (tertiary/aromatic N) is 2. The van der Waals surface area contributed by atoms with E-state index in [9.17, 15) is 4.79 Å². The molecule has 5 heteroatoms. The summed E-state index contributed by atoms with van der Waals surface area (Å²) in [4.78, 5) is 16.7. The first-order chi connectivity index (χ1) is 10.7. The maximum Gasteiger partial charge on any atom is 0.232 e. The minimum Gasteiger partial charge on any atom is -0.497 e. The van der Waals surface area contributed by atoms with Crippen LogP contribution in [-0.4, -0.2) is 55.1 Å². The number of hydrogen-bond acceptors (Lipinski definition) is 4. The largest absolute Gasteiger partial charge is 0.497 e. The number of anilines is 1. The zero-order valence-corrected chi connectivity index (χ0v) is 14.6. The molecule has 0 unspecified atom stereocenters. The summed E-state index contributed by atoms with van der Waals surface area (Å²) in [5, 5.41) is 0. The van der Waals surface area contributed by atoms with Gasteiger partial charge in [0, 0.05) is 31.4 Å². The summed E-state index contributed by atoms with van der Waals surface area (Å²) < 4.78 is 5.20. The fraction of sp³-hybridized carbons (Fsp3) is 0.588. The molecule has 1 amide bonds. The fourth-order valence-electron chi connectivity index (χ4n) is 2.74. The molecule has 2 rings (SSSR count). The highest BCUT2D eigenvalue weighted by molar-refractivity contribution is 7.99. The lowest BCUT2D eigenvalue weighted by molar-refractivity contribution is -0.130. The normalized spacial score (nSPS) is 18.4. The van der Waals surface area contributed by atoms with E-state index in [-0.39, 0.29) is 11.9 Å². The lowest BCUT2D eigenvalue weighted by atomic mass is 10.1. The van der Waals surface area contributed by atoms with E-state index >= 15 is 0 Å². The molecule has 22 heavy (non-hydrogen) atoms. The number of hydrogen-bond donors (Lipinski definition) is 0. The van der Waals surface area contributed by atoms with E-state index in [1.165, 1.54) is 5.69 Å². The molecule has 1 atom stereocenters. The molecular formula is C17H26N2O2S. The second-order valence-corrected chi connectivity index (χ2v) is 6.74. The molecule has 0 aromatic heterocycles. The number of carbonyl (C=O) groups excluding carboxylic acids is 1. The van der Waals surface area contributed by atoms with Crippen molar-refractivity contribution in [1.29, 1.82) is 0 Å². The maximum atomic E-state index is 12.3. The van der Waals surface area contributed by atoms with E-state index < -0.39 is 0 Å². The van der Waals surface area contributed by atoms with Crippen LogP contribution in [-0.2, 0) is 4.79 Å². The predicted molar refractivity (Wildman–Crippen MR) is 94.0 cm³/mol. The van der Waals surface area contributed by atoms with Crippen LogP contribution in [0.25, 0.3) is 0 Å². The molecule has 1 aromatic rings. The van der Waals surface area contributed by atoms with Gasteiger partial charge in [-0.1, -0.05) is 6.92 Å². The Hall–Kier alpha value is -1.36. The van der Waals surface area contributed by atoms with Gasteiger partial charge >= 0.3 is 0 Å². The van der Waals surface area contributed by atoms with Crippen LogP contribution in [0.2, 0.25) is 0 Å². The number of thioether (sulfide) groups is 1. The molecule has 1 aliphatic rings. The molecular weight excluding hydrogens is 296 g/mol. The van der Waals surface area contributed by atoms with Crippen molar-refractivity contribution < 1.29 is 9.53 Å². The topological polar surface area (TPSA) is 32.8 Å². The van der Waals surface area contributed by atoms with Crippen molar-refractivity contribution in [3.63, 3.8) is 0 Å². The second kappa shape index (κ2) is 8.32. The van der Waals surface area contributed by atoms with E-state index in [1.807, 2.05) is 17.0 Å². The number of methoxy groups -OCH3 is 1. The highest BCUT2D eigenvalue weighted by atomic mass is 32.2. The Bertz CT molecular complexity index is 478. The molecule has 1 fully saturated rings. The molecule has 4 nitrogen and oxygen atoms in total. The molecule has 0 aliphatic carbocycles.